The standard InChI is InChI=1S/C26H23ClN4O2S/c27-21-12-6-4-10-19(21)25-29-30-26(31(25)16-18-8-2-1-3-9-18)34-17-24(32)28-22-14-15-33-23-13-7-5-11-20(22)23/h1-13,22H,14-17H2,(H,28,32). The zero-order valence-electron chi connectivity index (χ0n) is 18.4. The number of thioether (sulfide) groups is 1. The molecule has 4 aromatic rings. The normalized spacial score (nSPS) is 14.8. The molecule has 172 valence electrons. The topological polar surface area (TPSA) is 69.0 Å². The molecule has 0 fully saturated rings. The van der Waals surface area contributed by atoms with E-state index in [1.54, 1.807) is 0 Å². The second-order valence-corrected chi connectivity index (χ2v) is 9.29. The van der Waals surface area contributed by atoms with E-state index in [0.29, 0.717) is 29.2 Å². The van der Waals surface area contributed by atoms with Gasteiger partial charge in [0.1, 0.15) is 5.75 Å². The molecule has 2 heterocycles. The highest BCUT2D eigenvalue weighted by Gasteiger charge is 2.23. The number of nitrogens with zero attached hydrogens (tertiary/aromatic N) is 3. The summed E-state index contributed by atoms with van der Waals surface area (Å²) in [6.45, 7) is 1.16. The van der Waals surface area contributed by atoms with Crippen LogP contribution in [0.15, 0.2) is 84.0 Å². The lowest BCUT2D eigenvalue weighted by Crippen LogP contribution is -2.33. The fourth-order valence-corrected chi connectivity index (χ4v) is 4.97. The highest BCUT2D eigenvalue weighted by molar-refractivity contribution is 7.99. The molecule has 0 spiro atoms. The third kappa shape index (κ3) is 4.95. The summed E-state index contributed by atoms with van der Waals surface area (Å²) in [6.07, 6.45) is 0.744. The van der Waals surface area contributed by atoms with Gasteiger partial charge in [-0.25, -0.2) is 0 Å². The van der Waals surface area contributed by atoms with Crippen molar-refractivity contribution in [2.45, 2.75) is 24.2 Å². The molecule has 3 aromatic carbocycles. The molecule has 1 N–H and O–H groups in total. The van der Waals surface area contributed by atoms with Crippen LogP contribution in [-0.4, -0.2) is 33.0 Å². The maximum atomic E-state index is 12.8. The van der Waals surface area contributed by atoms with Gasteiger partial charge in [0, 0.05) is 17.5 Å². The van der Waals surface area contributed by atoms with Gasteiger partial charge in [0.2, 0.25) is 5.91 Å². The minimum absolute atomic E-state index is 0.0553. The summed E-state index contributed by atoms with van der Waals surface area (Å²) < 4.78 is 7.71. The van der Waals surface area contributed by atoms with Crippen molar-refractivity contribution in [2.75, 3.05) is 12.4 Å². The third-order valence-corrected chi connectivity index (χ3v) is 6.94. The van der Waals surface area contributed by atoms with Gasteiger partial charge in [-0.15, -0.1) is 10.2 Å². The molecule has 34 heavy (non-hydrogen) atoms. The Morgan fingerprint density at radius 3 is 2.65 bits per heavy atom. The molecule has 1 aliphatic rings. The summed E-state index contributed by atoms with van der Waals surface area (Å²) in [5.41, 5.74) is 2.93. The average molecular weight is 491 g/mol. The van der Waals surface area contributed by atoms with E-state index in [9.17, 15) is 4.79 Å². The maximum Gasteiger partial charge on any atom is 0.230 e. The fourth-order valence-electron chi connectivity index (χ4n) is 4.00. The van der Waals surface area contributed by atoms with E-state index in [2.05, 4.69) is 27.6 Å². The molecule has 0 bridgehead atoms. The molecule has 8 heteroatoms. The molecule has 5 rings (SSSR count). The number of fused-ring (bicyclic) bond motifs is 1. The Morgan fingerprint density at radius 2 is 1.79 bits per heavy atom. The van der Waals surface area contributed by atoms with Gasteiger partial charge in [0.05, 0.1) is 30.0 Å². The van der Waals surface area contributed by atoms with Crippen LogP contribution in [0.3, 0.4) is 0 Å². The Balaban J connectivity index is 1.34. The first-order valence-electron chi connectivity index (χ1n) is 11.0. The van der Waals surface area contributed by atoms with Crippen LogP contribution in [0, 0.1) is 0 Å². The summed E-state index contributed by atoms with van der Waals surface area (Å²) in [5, 5.41) is 13.2. The van der Waals surface area contributed by atoms with E-state index in [1.807, 2.05) is 71.3 Å². The van der Waals surface area contributed by atoms with Gasteiger partial charge >= 0.3 is 0 Å². The van der Waals surface area contributed by atoms with Crippen molar-refractivity contribution in [1.29, 1.82) is 0 Å². The van der Waals surface area contributed by atoms with Gasteiger partial charge in [0.15, 0.2) is 11.0 Å². The van der Waals surface area contributed by atoms with Crippen molar-refractivity contribution in [1.82, 2.24) is 20.1 Å². The van der Waals surface area contributed by atoms with Crippen LogP contribution < -0.4 is 10.1 Å². The van der Waals surface area contributed by atoms with E-state index in [4.69, 9.17) is 16.3 Å². The number of hydrogen-bond donors (Lipinski definition) is 1. The van der Waals surface area contributed by atoms with Crippen LogP contribution in [-0.2, 0) is 11.3 Å². The summed E-state index contributed by atoms with van der Waals surface area (Å²) in [6, 6.07) is 25.5. The summed E-state index contributed by atoms with van der Waals surface area (Å²) in [5.74, 6) is 1.68. The molecule has 1 amide bonds. The number of benzene rings is 3. The SMILES string of the molecule is O=C(CSc1nnc(-c2ccccc2Cl)n1Cc1ccccc1)NC1CCOc2ccccc21. The monoisotopic (exact) mass is 490 g/mol. The first-order valence-corrected chi connectivity index (χ1v) is 12.4. The summed E-state index contributed by atoms with van der Waals surface area (Å²) in [4.78, 5) is 12.8. The highest BCUT2D eigenvalue weighted by Crippen LogP contribution is 2.32. The van der Waals surface area contributed by atoms with Crippen LogP contribution in [0.1, 0.15) is 23.6 Å². The molecular weight excluding hydrogens is 468 g/mol. The molecule has 1 atom stereocenters. The number of rotatable bonds is 7. The first-order chi connectivity index (χ1) is 16.7. The summed E-state index contributed by atoms with van der Waals surface area (Å²) >= 11 is 7.83. The number of para-hydroxylation sites is 1. The van der Waals surface area contributed by atoms with Crippen LogP contribution in [0.4, 0.5) is 0 Å². The van der Waals surface area contributed by atoms with Gasteiger partial charge in [0.25, 0.3) is 0 Å². The molecule has 1 aromatic heterocycles. The number of amides is 1. The third-order valence-electron chi connectivity index (χ3n) is 5.64. The molecule has 0 saturated carbocycles. The van der Waals surface area contributed by atoms with E-state index in [1.165, 1.54) is 11.8 Å². The van der Waals surface area contributed by atoms with Crippen molar-refractivity contribution < 1.29 is 9.53 Å². The van der Waals surface area contributed by atoms with Crippen molar-refractivity contribution in [2.24, 2.45) is 0 Å². The van der Waals surface area contributed by atoms with Crippen molar-refractivity contribution in [3.05, 3.63) is 95.0 Å². The molecule has 0 saturated heterocycles. The zero-order valence-corrected chi connectivity index (χ0v) is 19.9. The molecule has 0 aliphatic carbocycles. The van der Waals surface area contributed by atoms with Gasteiger partial charge < -0.3 is 10.1 Å². The maximum absolute atomic E-state index is 12.8. The number of hydrogen-bond acceptors (Lipinski definition) is 5. The lowest BCUT2D eigenvalue weighted by Gasteiger charge is -2.26. The summed E-state index contributed by atoms with van der Waals surface area (Å²) in [7, 11) is 0. The molecule has 0 radical (unpaired) electrons. The van der Waals surface area contributed by atoms with E-state index in [-0.39, 0.29) is 17.7 Å². The van der Waals surface area contributed by atoms with Crippen LogP contribution in [0.25, 0.3) is 11.4 Å². The molecular formula is C26H23ClN4O2S. The molecule has 1 unspecified atom stereocenters. The van der Waals surface area contributed by atoms with E-state index >= 15 is 0 Å². The predicted octanol–water partition coefficient (Wildman–Crippen LogP) is 5.38. The average Bonchev–Trinajstić information content (AvgIpc) is 3.26. The van der Waals surface area contributed by atoms with E-state index in [0.717, 1.165) is 28.9 Å². The quantitative estimate of drug-likeness (QED) is 0.352. The molecule has 6 nitrogen and oxygen atoms in total. The lowest BCUT2D eigenvalue weighted by atomic mass is 10.0. The number of halogens is 1. The van der Waals surface area contributed by atoms with Crippen molar-refractivity contribution >= 4 is 29.3 Å². The fraction of sp³-hybridized carbons (Fsp3) is 0.192. The Kier molecular flexibility index (Phi) is 6.83. The van der Waals surface area contributed by atoms with Crippen LogP contribution in [0.2, 0.25) is 5.02 Å². The largest absolute Gasteiger partial charge is 0.493 e. The zero-order chi connectivity index (χ0) is 23.3. The number of carbonyl (C=O) groups excluding carboxylic acids is 1. The Hall–Kier alpha value is -3.29. The smallest absolute Gasteiger partial charge is 0.230 e. The van der Waals surface area contributed by atoms with Gasteiger partial charge in [-0.1, -0.05) is 84.0 Å². The molecule has 1 aliphatic heterocycles. The van der Waals surface area contributed by atoms with Gasteiger partial charge in [-0.3, -0.25) is 9.36 Å². The highest BCUT2D eigenvalue weighted by atomic mass is 35.5. The van der Waals surface area contributed by atoms with Crippen molar-refractivity contribution in [3.8, 4) is 17.1 Å². The van der Waals surface area contributed by atoms with Crippen LogP contribution in [0.5, 0.6) is 5.75 Å². The predicted molar refractivity (Wildman–Crippen MR) is 134 cm³/mol. The number of carbonyl (C=O) groups is 1. The Labute approximate surface area is 207 Å². The van der Waals surface area contributed by atoms with Crippen LogP contribution >= 0.6 is 23.4 Å². The number of nitrogens with one attached hydrogen (secondary N) is 1. The number of aromatic nitrogens is 3. The Morgan fingerprint density at radius 1 is 1.03 bits per heavy atom. The Bertz CT molecular complexity index is 1290. The first kappa shape index (κ1) is 22.5. The minimum atomic E-state index is -0.0566. The van der Waals surface area contributed by atoms with Crippen molar-refractivity contribution in [3.63, 3.8) is 0 Å². The number of ether oxygens (including phenoxy) is 1. The lowest BCUT2D eigenvalue weighted by molar-refractivity contribution is -0.119. The van der Waals surface area contributed by atoms with E-state index < -0.39 is 0 Å². The van der Waals surface area contributed by atoms with Gasteiger partial charge in [-0.2, -0.15) is 0 Å². The minimum Gasteiger partial charge on any atom is -0.493 e. The second kappa shape index (κ2) is 10.3. The van der Waals surface area contributed by atoms with Gasteiger partial charge in [-0.05, 0) is 23.8 Å². The second-order valence-electron chi connectivity index (χ2n) is 7.94.